The highest BCUT2D eigenvalue weighted by atomic mass is 16.7. The number of methoxy groups -OCH3 is 1. The van der Waals surface area contributed by atoms with Gasteiger partial charge in [-0.05, 0) is 63.2 Å². The maximum absolute atomic E-state index is 13.9. The van der Waals surface area contributed by atoms with Crippen molar-refractivity contribution < 1.29 is 47.2 Å². The molecule has 1 aromatic rings. The van der Waals surface area contributed by atoms with E-state index in [2.05, 4.69) is 18.0 Å². The van der Waals surface area contributed by atoms with E-state index < -0.39 is 36.0 Å². The fourth-order valence-electron chi connectivity index (χ4n) is 9.29. The van der Waals surface area contributed by atoms with Crippen LogP contribution in [0.4, 0.5) is 0 Å². The quantitative estimate of drug-likeness (QED) is 0.0275. The topological polar surface area (TPSA) is 139 Å². The summed E-state index contributed by atoms with van der Waals surface area (Å²) in [6.45, 7) is 14.1. The van der Waals surface area contributed by atoms with E-state index >= 15 is 0 Å². The molecule has 0 N–H and O–H groups in total. The van der Waals surface area contributed by atoms with Crippen LogP contribution in [0.2, 0.25) is 0 Å². The summed E-state index contributed by atoms with van der Waals surface area (Å²) in [5.41, 5.74) is 1.83. The van der Waals surface area contributed by atoms with Gasteiger partial charge in [0.1, 0.15) is 42.0 Å². The van der Waals surface area contributed by atoms with E-state index in [1.807, 2.05) is 71.9 Å². The van der Waals surface area contributed by atoms with Crippen LogP contribution in [-0.2, 0) is 42.8 Å². The number of nitrogens with zero attached hydrogens (tertiary/aromatic N) is 1. The Balaban J connectivity index is 1.27. The van der Waals surface area contributed by atoms with E-state index in [0.717, 1.165) is 36.1 Å². The van der Waals surface area contributed by atoms with Gasteiger partial charge in [0.25, 0.3) is 0 Å². The minimum absolute atomic E-state index is 0.0425. The fraction of sp³-hybridized carbons (Fsp3) is 0.725. The lowest BCUT2D eigenvalue weighted by Crippen LogP contribution is -2.43. The van der Waals surface area contributed by atoms with Crippen LogP contribution < -0.4 is 0 Å². The molecule has 0 aromatic carbocycles. The van der Waals surface area contributed by atoms with E-state index in [-0.39, 0.29) is 54.4 Å². The number of carbonyl (C=O) groups excluding carboxylic acids is 3. The maximum atomic E-state index is 13.9. The summed E-state index contributed by atoms with van der Waals surface area (Å²) in [6.07, 6.45) is 28.0. The summed E-state index contributed by atoms with van der Waals surface area (Å²) in [6, 6.07) is 0. The molecule has 5 rings (SSSR count). The molecule has 11 unspecified atom stereocenters. The van der Waals surface area contributed by atoms with Crippen molar-refractivity contribution in [1.82, 2.24) is 4.98 Å². The van der Waals surface area contributed by atoms with Crippen LogP contribution in [0.15, 0.2) is 52.2 Å². The molecule has 11 heteroatoms. The predicted octanol–water partition coefficient (Wildman–Crippen LogP) is 11.1. The van der Waals surface area contributed by atoms with Gasteiger partial charge in [-0.1, -0.05) is 128 Å². The molecule has 346 valence electrons. The van der Waals surface area contributed by atoms with Crippen molar-refractivity contribution in [3.05, 3.63) is 59.4 Å². The molecular weight excluding hydrogens is 787 g/mol. The van der Waals surface area contributed by atoms with Crippen LogP contribution in [0.25, 0.3) is 6.08 Å². The Labute approximate surface area is 371 Å². The number of hydrogen-bond donors (Lipinski definition) is 0. The van der Waals surface area contributed by atoms with E-state index in [1.165, 1.54) is 64.2 Å². The van der Waals surface area contributed by atoms with Gasteiger partial charge in [-0.15, -0.1) is 0 Å². The summed E-state index contributed by atoms with van der Waals surface area (Å²) in [4.78, 5) is 44.6. The van der Waals surface area contributed by atoms with Gasteiger partial charge in [-0.2, -0.15) is 0 Å². The Morgan fingerprint density at radius 3 is 2.24 bits per heavy atom. The van der Waals surface area contributed by atoms with E-state index in [4.69, 9.17) is 32.8 Å². The van der Waals surface area contributed by atoms with Crippen LogP contribution >= 0.6 is 0 Å². The summed E-state index contributed by atoms with van der Waals surface area (Å²) in [5.74, 6) is -0.712. The molecule has 3 saturated heterocycles. The number of unbranched alkanes of at least 4 members (excludes halogenated alkanes) is 12. The number of carbonyl (C=O) groups is 3. The van der Waals surface area contributed by atoms with Crippen LogP contribution in [-0.4, -0.2) is 78.3 Å². The van der Waals surface area contributed by atoms with Gasteiger partial charge < -0.3 is 32.8 Å². The van der Waals surface area contributed by atoms with Crippen LogP contribution in [0.3, 0.4) is 0 Å². The van der Waals surface area contributed by atoms with Gasteiger partial charge in [0.2, 0.25) is 0 Å². The van der Waals surface area contributed by atoms with Crippen LogP contribution in [0.5, 0.6) is 0 Å². The lowest BCUT2D eigenvalue weighted by molar-refractivity contribution is -0.164. The highest BCUT2D eigenvalue weighted by Gasteiger charge is 2.59. The number of allylic oxidation sites excluding steroid dienone is 4. The average molecular weight is 864 g/mol. The number of epoxide rings is 2. The molecule has 5 heterocycles. The SMILES string of the molecule is CCCCCCCCCCCCCCCC(=O)OC1CC(C(C)C(OC)/C(C)=C/C=C/C(C)=C/c2coc(C)n2)OC(=O)C2OC2CC2CC(=O)OC(C2)C(C)/C=C\C2OC21C. The molecular formula is C51H77NO10. The first-order chi connectivity index (χ1) is 29.8. The average Bonchev–Trinajstić information content (AvgIpc) is 4.11. The number of oxazole rings is 1. The number of rotatable bonds is 22. The van der Waals surface area contributed by atoms with Gasteiger partial charge in [-0.25, -0.2) is 9.78 Å². The molecule has 0 radical (unpaired) electrons. The monoisotopic (exact) mass is 864 g/mol. The van der Waals surface area contributed by atoms with Gasteiger partial charge in [-0.3, -0.25) is 9.59 Å². The molecule has 1 aromatic heterocycles. The second kappa shape index (κ2) is 24.5. The summed E-state index contributed by atoms with van der Waals surface area (Å²) < 4.78 is 42.3. The predicted molar refractivity (Wildman–Crippen MR) is 240 cm³/mol. The van der Waals surface area contributed by atoms with Crippen molar-refractivity contribution in [2.45, 2.75) is 212 Å². The Morgan fingerprint density at radius 2 is 1.60 bits per heavy atom. The molecule has 0 aliphatic carbocycles. The molecule has 11 atom stereocenters. The van der Waals surface area contributed by atoms with Crippen LogP contribution in [0, 0.1) is 24.7 Å². The Kier molecular flexibility index (Phi) is 19.6. The number of aromatic nitrogens is 1. The second-order valence-electron chi connectivity index (χ2n) is 18.8. The molecule has 2 bridgehead atoms. The van der Waals surface area contributed by atoms with Crippen molar-refractivity contribution >= 4 is 24.0 Å². The highest BCUT2D eigenvalue weighted by Crippen LogP contribution is 2.46. The van der Waals surface area contributed by atoms with Gasteiger partial charge in [0, 0.05) is 45.1 Å². The van der Waals surface area contributed by atoms with Crippen molar-refractivity contribution in [3.63, 3.8) is 0 Å². The summed E-state index contributed by atoms with van der Waals surface area (Å²) in [5, 5.41) is 0. The third-order valence-electron chi connectivity index (χ3n) is 13.4. The summed E-state index contributed by atoms with van der Waals surface area (Å²) in [7, 11) is 1.65. The molecule has 0 spiro atoms. The Morgan fingerprint density at radius 1 is 0.935 bits per heavy atom. The smallest absolute Gasteiger partial charge is 0.338 e. The number of ether oxygens (including phenoxy) is 6. The first-order valence-electron chi connectivity index (χ1n) is 23.9. The van der Waals surface area contributed by atoms with E-state index in [1.54, 1.807) is 13.4 Å². The number of aryl methyl sites for hydroxylation is 1. The maximum Gasteiger partial charge on any atom is 0.338 e. The third-order valence-corrected chi connectivity index (χ3v) is 13.4. The van der Waals surface area contributed by atoms with Gasteiger partial charge >= 0.3 is 17.9 Å². The lowest BCUT2D eigenvalue weighted by Gasteiger charge is -2.34. The number of hydrogen-bond acceptors (Lipinski definition) is 11. The molecule has 4 aliphatic heterocycles. The molecule has 62 heavy (non-hydrogen) atoms. The molecule has 11 nitrogen and oxygen atoms in total. The number of fused-ring (bicyclic) bond motifs is 4. The van der Waals surface area contributed by atoms with Gasteiger partial charge in [0.15, 0.2) is 12.0 Å². The standard InChI is InChI=1S/C51H77NO10/c1-9-10-11-12-13-14-15-16-17-18-19-20-21-25-46(53)61-45-32-42(37(5)48(56-8)36(4)24-22-23-34(2)28-40-33-57-38(6)52-40)60-50(55)49-43(59-49)30-39-29-41(58-47(54)31-39)35(3)26-27-44-51(45,7)62-44/h22-24,26-28,33,35,37,39,41-45,48-49H,9-21,25,29-32H2,1-8H3/b23-22+,27-26-,34-28+,36-24+. The normalized spacial score (nSPS) is 30.8. The first kappa shape index (κ1) is 49.5. The largest absolute Gasteiger partial charge is 0.462 e. The van der Waals surface area contributed by atoms with Gasteiger partial charge in [0.05, 0.1) is 12.2 Å². The zero-order valence-electron chi connectivity index (χ0n) is 39.1. The highest BCUT2D eigenvalue weighted by molar-refractivity contribution is 5.78. The fourth-order valence-corrected chi connectivity index (χ4v) is 9.29. The lowest BCUT2D eigenvalue weighted by atomic mass is 9.84. The molecule has 0 saturated carbocycles. The number of cyclic esters (lactones) is 1. The molecule has 3 fully saturated rings. The second-order valence-corrected chi connectivity index (χ2v) is 18.8. The third kappa shape index (κ3) is 15.3. The van der Waals surface area contributed by atoms with E-state index in [0.29, 0.717) is 31.6 Å². The van der Waals surface area contributed by atoms with Crippen molar-refractivity contribution in [1.29, 1.82) is 0 Å². The Hall–Kier alpha value is -3.54. The molecule has 0 amide bonds. The summed E-state index contributed by atoms with van der Waals surface area (Å²) >= 11 is 0. The Bertz CT molecular complexity index is 1710. The van der Waals surface area contributed by atoms with Crippen molar-refractivity contribution in [3.8, 4) is 0 Å². The number of esters is 3. The van der Waals surface area contributed by atoms with Crippen molar-refractivity contribution in [2.24, 2.45) is 17.8 Å². The van der Waals surface area contributed by atoms with Crippen LogP contribution in [0.1, 0.15) is 169 Å². The van der Waals surface area contributed by atoms with Crippen molar-refractivity contribution in [2.75, 3.05) is 7.11 Å². The zero-order valence-corrected chi connectivity index (χ0v) is 39.1. The first-order valence-corrected chi connectivity index (χ1v) is 23.9. The minimum atomic E-state index is -0.851. The zero-order chi connectivity index (χ0) is 44.6. The minimum Gasteiger partial charge on any atom is -0.462 e. The van der Waals surface area contributed by atoms with E-state index in [9.17, 15) is 14.4 Å². The molecule has 4 aliphatic rings.